The minimum atomic E-state index is 0.0370. The molecule has 2 aromatic rings. The Morgan fingerprint density at radius 3 is 2.84 bits per heavy atom. The second-order valence-electron chi connectivity index (χ2n) is 5.49. The number of aromatic amines is 1. The molecule has 3 rings (SSSR count). The van der Waals surface area contributed by atoms with Crippen LogP contribution < -0.4 is 5.73 Å². The van der Waals surface area contributed by atoms with Gasteiger partial charge in [-0.25, -0.2) is 0 Å². The van der Waals surface area contributed by atoms with Crippen LogP contribution in [0.3, 0.4) is 0 Å². The molecule has 1 aromatic carbocycles. The molecule has 1 atom stereocenters. The van der Waals surface area contributed by atoms with Gasteiger partial charge in [-0.3, -0.25) is 4.79 Å². The van der Waals surface area contributed by atoms with Crippen molar-refractivity contribution in [2.75, 3.05) is 12.8 Å². The molecular formula is C15H19N3O. The minimum absolute atomic E-state index is 0.0370. The largest absolute Gasteiger partial charge is 0.397 e. The van der Waals surface area contributed by atoms with Crippen molar-refractivity contribution in [2.45, 2.75) is 25.8 Å². The van der Waals surface area contributed by atoms with Gasteiger partial charge in [0.2, 0.25) is 0 Å². The van der Waals surface area contributed by atoms with Gasteiger partial charge in [-0.2, -0.15) is 0 Å². The number of hydrogen-bond donors (Lipinski definition) is 2. The van der Waals surface area contributed by atoms with Gasteiger partial charge in [-0.1, -0.05) is 12.1 Å². The third kappa shape index (κ3) is 2.07. The zero-order chi connectivity index (χ0) is 13.6. The highest BCUT2D eigenvalue weighted by molar-refractivity contribution is 6.00. The number of hydrogen-bond acceptors (Lipinski definition) is 2. The number of carbonyl (C=O) groups excluding carboxylic acids is 1. The zero-order valence-electron chi connectivity index (χ0n) is 11.3. The lowest BCUT2D eigenvalue weighted by atomic mass is 10.2. The number of para-hydroxylation sites is 1. The van der Waals surface area contributed by atoms with Gasteiger partial charge in [0.15, 0.2) is 0 Å². The van der Waals surface area contributed by atoms with Crippen LogP contribution in [0.15, 0.2) is 24.3 Å². The minimum Gasteiger partial charge on any atom is -0.397 e. The molecule has 1 amide bonds. The third-order valence-corrected chi connectivity index (χ3v) is 4.15. The van der Waals surface area contributed by atoms with Crippen molar-refractivity contribution in [3.63, 3.8) is 0 Å². The second-order valence-corrected chi connectivity index (χ2v) is 5.49. The number of fused-ring (bicyclic) bond motifs is 1. The Labute approximate surface area is 112 Å². The molecule has 0 aliphatic heterocycles. The molecule has 4 nitrogen and oxygen atoms in total. The van der Waals surface area contributed by atoms with Crippen LogP contribution in [0.25, 0.3) is 10.9 Å². The molecule has 19 heavy (non-hydrogen) atoms. The Balaban J connectivity index is 1.90. The highest BCUT2D eigenvalue weighted by Gasteiger charge is 2.33. The van der Waals surface area contributed by atoms with E-state index in [-0.39, 0.29) is 5.91 Å². The Morgan fingerprint density at radius 1 is 1.47 bits per heavy atom. The summed E-state index contributed by atoms with van der Waals surface area (Å²) in [6, 6.07) is 7.88. The Morgan fingerprint density at radius 2 is 2.21 bits per heavy atom. The number of nitrogens with two attached hydrogens (primary N) is 1. The third-order valence-electron chi connectivity index (χ3n) is 4.15. The van der Waals surface area contributed by atoms with E-state index in [9.17, 15) is 4.79 Å². The molecule has 4 heteroatoms. The highest BCUT2D eigenvalue weighted by atomic mass is 16.2. The lowest BCUT2D eigenvalue weighted by molar-refractivity contribution is 0.0722. The molecule has 1 aliphatic rings. The molecule has 1 aromatic heterocycles. The number of aromatic nitrogens is 1. The number of rotatable bonds is 3. The van der Waals surface area contributed by atoms with Crippen molar-refractivity contribution in [1.82, 2.24) is 9.88 Å². The van der Waals surface area contributed by atoms with Gasteiger partial charge >= 0.3 is 0 Å². The van der Waals surface area contributed by atoms with E-state index >= 15 is 0 Å². The predicted octanol–water partition coefficient (Wildman–Crippen LogP) is 2.62. The van der Waals surface area contributed by atoms with Gasteiger partial charge in [-0.15, -0.1) is 0 Å². The fourth-order valence-corrected chi connectivity index (χ4v) is 2.56. The summed E-state index contributed by atoms with van der Waals surface area (Å²) >= 11 is 0. The van der Waals surface area contributed by atoms with Crippen molar-refractivity contribution in [1.29, 1.82) is 0 Å². The van der Waals surface area contributed by atoms with Crippen LogP contribution >= 0.6 is 0 Å². The van der Waals surface area contributed by atoms with Crippen molar-refractivity contribution in [3.05, 3.63) is 30.0 Å². The number of carbonyl (C=O) groups is 1. The lowest BCUT2D eigenvalue weighted by Gasteiger charge is -2.24. The summed E-state index contributed by atoms with van der Waals surface area (Å²) in [6.45, 7) is 2.12. The molecule has 1 unspecified atom stereocenters. The lowest BCUT2D eigenvalue weighted by Crippen LogP contribution is -2.36. The van der Waals surface area contributed by atoms with Gasteiger partial charge in [-0.05, 0) is 37.8 Å². The van der Waals surface area contributed by atoms with Gasteiger partial charge < -0.3 is 15.6 Å². The first kappa shape index (κ1) is 12.1. The summed E-state index contributed by atoms with van der Waals surface area (Å²) in [5.41, 5.74) is 8.04. The molecule has 100 valence electrons. The SMILES string of the molecule is CC(C1CC1)N(C)C(=O)c1cc2cccc(N)c2[nH]1. The van der Waals surface area contributed by atoms with E-state index in [1.807, 2.05) is 36.2 Å². The molecule has 1 heterocycles. The average Bonchev–Trinajstić information content (AvgIpc) is 3.15. The van der Waals surface area contributed by atoms with Crippen LogP contribution in [0, 0.1) is 5.92 Å². The summed E-state index contributed by atoms with van der Waals surface area (Å²) in [4.78, 5) is 17.4. The second kappa shape index (κ2) is 4.30. The van der Waals surface area contributed by atoms with Gasteiger partial charge in [0.05, 0.1) is 11.2 Å². The van der Waals surface area contributed by atoms with Crippen LogP contribution in [-0.4, -0.2) is 28.9 Å². The zero-order valence-corrected chi connectivity index (χ0v) is 11.3. The smallest absolute Gasteiger partial charge is 0.270 e. The summed E-state index contributed by atoms with van der Waals surface area (Å²) in [7, 11) is 1.88. The van der Waals surface area contributed by atoms with E-state index < -0.39 is 0 Å². The predicted molar refractivity (Wildman–Crippen MR) is 77.0 cm³/mol. The van der Waals surface area contributed by atoms with Gasteiger partial charge in [0.1, 0.15) is 5.69 Å². The Kier molecular flexibility index (Phi) is 2.73. The van der Waals surface area contributed by atoms with Crippen LogP contribution in [0.4, 0.5) is 5.69 Å². The van der Waals surface area contributed by atoms with Crippen LogP contribution in [0.5, 0.6) is 0 Å². The van der Waals surface area contributed by atoms with E-state index in [1.54, 1.807) is 0 Å². The van der Waals surface area contributed by atoms with Crippen molar-refractivity contribution in [2.24, 2.45) is 5.92 Å². The molecule has 0 bridgehead atoms. The number of anilines is 1. The number of H-pyrrole nitrogens is 1. The molecule has 0 spiro atoms. The van der Waals surface area contributed by atoms with E-state index in [0.29, 0.717) is 23.3 Å². The summed E-state index contributed by atoms with van der Waals surface area (Å²) < 4.78 is 0. The molecule has 1 fully saturated rings. The summed E-state index contributed by atoms with van der Waals surface area (Å²) in [5.74, 6) is 0.707. The topological polar surface area (TPSA) is 62.1 Å². The molecular weight excluding hydrogens is 238 g/mol. The van der Waals surface area contributed by atoms with E-state index in [2.05, 4.69) is 11.9 Å². The maximum absolute atomic E-state index is 12.5. The maximum Gasteiger partial charge on any atom is 0.270 e. The number of nitrogens with zero attached hydrogens (tertiary/aromatic N) is 1. The monoisotopic (exact) mass is 257 g/mol. The van der Waals surface area contributed by atoms with Crippen molar-refractivity contribution in [3.8, 4) is 0 Å². The first-order valence-corrected chi connectivity index (χ1v) is 6.72. The average molecular weight is 257 g/mol. The fourth-order valence-electron chi connectivity index (χ4n) is 2.56. The van der Waals surface area contributed by atoms with E-state index in [1.165, 1.54) is 12.8 Å². The number of nitrogens with one attached hydrogen (secondary N) is 1. The van der Waals surface area contributed by atoms with E-state index in [4.69, 9.17) is 5.73 Å². The molecule has 3 N–H and O–H groups in total. The highest BCUT2D eigenvalue weighted by Crippen LogP contribution is 2.35. The Hall–Kier alpha value is -1.97. The standard InChI is InChI=1S/C15H19N3O/c1-9(10-6-7-10)18(2)15(19)13-8-11-4-3-5-12(16)14(11)17-13/h3-5,8-10,17H,6-7,16H2,1-2H3. The summed E-state index contributed by atoms with van der Waals surface area (Å²) in [5, 5.41) is 0.982. The fraction of sp³-hybridized carbons (Fsp3) is 0.400. The van der Waals surface area contributed by atoms with Gasteiger partial charge in [0, 0.05) is 18.5 Å². The van der Waals surface area contributed by atoms with Gasteiger partial charge in [0.25, 0.3) is 5.91 Å². The van der Waals surface area contributed by atoms with Crippen molar-refractivity contribution < 1.29 is 4.79 Å². The van der Waals surface area contributed by atoms with Crippen LogP contribution in [0.2, 0.25) is 0 Å². The maximum atomic E-state index is 12.5. The van der Waals surface area contributed by atoms with Crippen LogP contribution in [0.1, 0.15) is 30.3 Å². The quantitative estimate of drug-likeness (QED) is 0.830. The first-order chi connectivity index (χ1) is 9.08. The Bertz CT molecular complexity index is 627. The number of amides is 1. The molecule has 0 radical (unpaired) electrons. The van der Waals surface area contributed by atoms with Crippen LogP contribution in [-0.2, 0) is 0 Å². The first-order valence-electron chi connectivity index (χ1n) is 6.72. The van der Waals surface area contributed by atoms with Crippen molar-refractivity contribution >= 4 is 22.5 Å². The van der Waals surface area contributed by atoms with E-state index in [0.717, 1.165) is 10.9 Å². The number of benzene rings is 1. The molecule has 1 saturated carbocycles. The normalized spacial score (nSPS) is 16.5. The molecule has 1 aliphatic carbocycles. The number of nitrogen functional groups attached to an aromatic ring is 1. The molecule has 0 saturated heterocycles. The summed E-state index contributed by atoms with van der Waals surface area (Å²) in [6.07, 6.45) is 2.47.